The molecule has 30 heavy (non-hydrogen) atoms. The van der Waals surface area contributed by atoms with Crippen molar-refractivity contribution in [2.75, 3.05) is 15.9 Å². The number of carbonyl (C=O) groups excluding carboxylic acids is 1. The van der Waals surface area contributed by atoms with Gasteiger partial charge in [-0.3, -0.25) is 14.4 Å². The van der Waals surface area contributed by atoms with Crippen molar-refractivity contribution < 1.29 is 13.2 Å². The summed E-state index contributed by atoms with van der Waals surface area (Å²) in [4.78, 5) is 12.8. The van der Waals surface area contributed by atoms with Crippen molar-refractivity contribution in [3.63, 3.8) is 0 Å². The number of hydrogen-bond acceptors (Lipinski definition) is 6. The van der Waals surface area contributed by atoms with E-state index >= 15 is 0 Å². The van der Waals surface area contributed by atoms with Crippen LogP contribution in [-0.4, -0.2) is 36.8 Å². The molecule has 0 unspecified atom stereocenters. The number of carbonyl (C=O) groups is 1. The van der Waals surface area contributed by atoms with E-state index in [-0.39, 0.29) is 20.9 Å². The molecule has 0 radical (unpaired) electrons. The normalized spacial score (nSPS) is 12.4. The predicted octanol–water partition coefficient (Wildman–Crippen LogP) is 4.96. The van der Waals surface area contributed by atoms with Gasteiger partial charge in [0.15, 0.2) is 0 Å². The molecule has 1 amide bonds. The summed E-state index contributed by atoms with van der Waals surface area (Å²) in [7, 11) is -3.80. The van der Waals surface area contributed by atoms with Gasteiger partial charge in [-0.1, -0.05) is 58.3 Å². The third-order valence-corrected chi connectivity index (χ3v) is 7.11. The van der Waals surface area contributed by atoms with E-state index in [2.05, 4.69) is 15.5 Å². The number of rotatable bonds is 6. The summed E-state index contributed by atoms with van der Waals surface area (Å²) < 4.78 is 25.7. The van der Waals surface area contributed by atoms with E-state index in [9.17, 15) is 13.2 Å². The molecule has 0 aliphatic heterocycles. The predicted molar refractivity (Wildman–Crippen MR) is 122 cm³/mol. The Bertz CT molecular complexity index is 1180. The molecule has 0 bridgehead atoms. The molecule has 1 heterocycles. The van der Waals surface area contributed by atoms with E-state index in [0.29, 0.717) is 10.0 Å². The summed E-state index contributed by atoms with van der Waals surface area (Å²) in [6.45, 7) is 1.46. The lowest BCUT2D eigenvalue weighted by atomic mass is 10.2. The van der Waals surface area contributed by atoms with E-state index in [1.54, 1.807) is 24.3 Å². The van der Waals surface area contributed by atoms with Crippen molar-refractivity contribution in [2.24, 2.45) is 0 Å². The fourth-order valence-electron chi connectivity index (χ4n) is 2.62. The minimum absolute atomic E-state index is 0.173. The van der Waals surface area contributed by atoms with Gasteiger partial charge in [0.1, 0.15) is 11.0 Å². The minimum atomic E-state index is -3.80. The Morgan fingerprint density at radius 2 is 1.73 bits per heavy atom. The molecular weight excluding hydrogens is 491 g/mol. The molecule has 3 aromatic rings. The molecule has 1 aromatic heterocycles. The molecule has 0 saturated carbocycles. The maximum Gasteiger partial charge on any atom is 0.249 e. The van der Waals surface area contributed by atoms with Crippen molar-refractivity contribution in [2.45, 2.75) is 13.0 Å². The van der Waals surface area contributed by atoms with Gasteiger partial charge < -0.3 is 0 Å². The van der Waals surface area contributed by atoms with Gasteiger partial charge in [0.05, 0.1) is 22.0 Å². The van der Waals surface area contributed by atoms with E-state index in [1.807, 2.05) is 0 Å². The van der Waals surface area contributed by atoms with Gasteiger partial charge in [-0.05, 0) is 37.3 Å². The first-order valence-electron chi connectivity index (χ1n) is 8.41. The highest BCUT2D eigenvalue weighted by Gasteiger charge is 2.30. The lowest BCUT2D eigenvalue weighted by Gasteiger charge is -2.28. The maximum absolute atomic E-state index is 12.8. The molecule has 3 rings (SSSR count). The molecule has 0 fully saturated rings. The Hall–Kier alpha value is -1.91. The number of hydrogen-bond donors (Lipinski definition) is 1. The number of nitrogens with zero attached hydrogens (tertiary/aromatic N) is 3. The van der Waals surface area contributed by atoms with Crippen molar-refractivity contribution >= 4 is 72.9 Å². The van der Waals surface area contributed by atoms with E-state index < -0.39 is 22.0 Å². The zero-order valence-corrected chi connectivity index (χ0v) is 19.5. The van der Waals surface area contributed by atoms with E-state index in [1.165, 1.54) is 25.1 Å². The Labute approximate surface area is 192 Å². The first kappa shape index (κ1) is 22.8. The molecule has 7 nitrogen and oxygen atoms in total. The zero-order valence-electron chi connectivity index (χ0n) is 15.6. The molecule has 12 heteroatoms. The van der Waals surface area contributed by atoms with Gasteiger partial charge in [-0.2, -0.15) is 0 Å². The topological polar surface area (TPSA) is 92.3 Å². The second-order valence-electron chi connectivity index (χ2n) is 6.24. The lowest BCUT2D eigenvalue weighted by molar-refractivity contribution is -0.116. The highest BCUT2D eigenvalue weighted by molar-refractivity contribution is 7.92. The molecule has 158 valence electrons. The summed E-state index contributed by atoms with van der Waals surface area (Å²) in [6.07, 6.45) is 1.00. The third kappa shape index (κ3) is 5.22. The van der Waals surface area contributed by atoms with Crippen molar-refractivity contribution in [1.29, 1.82) is 0 Å². The molecule has 0 aliphatic carbocycles. The van der Waals surface area contributed by atoms with Crippen LogP contribution >= 0.6 is 46.1 Å². The number of anilines is 2. The minimum Gasteiger partial charge on any atom is -0.299 e. The van der Waals surface area contributed by atoms with Gasteiger partial charge >= 0.3 is 0 Å². The van der Waals surface area contributed by atoms with Crippen LogP contribution in [0.4, 0.5) is 10.8 Å². The molecule has 1 N–H and O–H groups in total. The molecule has 0 saturated heterocycles. The highest BCUT2D eigenvalue weighted by Crippen LogP contribution is 2.31. The summed E-state index contributed by atoms with van der Waals surface area (Å²) >= 11 is 19.0. The molecule has 0 aliphatic rings. The van der Waals surface area contributed by atoms with Crippen LogP contribution in [0.2, 0.25) is 15.1 Å². The zero-order chi connectivity index (χ0) is 22.1. The van der Waals surface area contributed by atoms with Crippen LogP contribution in [-0.2, 0) is 14.8 Å². The average molecular weight is 506 g/mol. The lowest BCUT2D eigenvalue weighted by Crippen LogP contribution is -2.45. The Morgan fingerprint density at radius 1 is 1.07 bits per heavy atom. The molecule has 1 atom stereocenters. The molecule has 2 aromatic carbocycles. The third-order valence-electron chi connectivity index (χ3n) is 3.99. The van der Waals surface area contributed by atoms with Gasteiger partial charge in [0.2, 0.25) is 21.1 Å². The van der Waals surface area contributed by atoms with E-state index in [4.69, 9.17) is 34.8 Å². The SMILES string of the molecule is C[C@@H](C(=O)Nc1nnc(-c2ccc(Cl)cc2)s1)N(c1ccc(Cl)c(Cl)c1)S(C)(=O)=O. The fraction of sp³-hybridized carbons (Fsp3) is 0.167. The van der Waals surface area contributed by atoms with Gasteiger partial charge in [0, 0.05) is 10.6 Å². The van der Waals surface area contributed by atoms with Gasteiger partial charge in [0.25, 0.3) is 0 Å². The van der Waals surface area contributed by atoms with Crippen LogP contribution in [0.5, 0.6) is 0 Å². The van der Waals surface area contributed by atoms with Crippen LogP contribution in [0.1, 0.15) is 6.92 Å². The second-order valence-corrected chi connectivity index (χ2v) is 10.3. The summed E-state index contributed by atoms with van der Waals surface area (Å²) in [6, 6.07) is 10.3. The first-order valence-corrected chi connectivity index (χ1v) is 12.2. The summed E-state index contributed by atoms with van der Waals surface area (Å²) in [5, 5.41) is 12.5. The van der Waals surface area contributed by atoms with E-state index in [0.717, 1.165) is 27.5 Å². The smallest absolute Gasteiger partial charge is 0.249 e. The Morgan fingerprint density at radius 3 is 2.33 bits per heavy atom. The Kier molecular flexibility index (Phi) is 6.88. The van der Waals surface area contributed by atoms with Crippen LogP contribution in [0, 0.1) is 0 Å². The fourth-order valence-corrected chi connectivity index (χ4v) is 4.96. The number of halogens is 3. The maximum atomic E-state index is 12.8. The van der Waals surface area contributed by atoms with Gasteiger partial charge in [-0.25, -0.2) is 8.42 Å². The van der Waals surface area contributed by atoms with Crippen molar-refractivity contribution in [3.05, 3.63) is 57.5 Å². The highest BCUT2D eigenvalue weighted by atomic mass is 35.5. The largest absolute Gasteiger partial charge is 0.299 e. The second kappa shape index (κ2) is 9.07. The number of benzene rings is 2. The summed E-state index contributed by atoms with van der Waals surface area (Å²) in [5.41, 5.74) is 1.01. The molecule has 0 spiro atoms. The quantitative estimate of drug-likeness (QED) is 0.511. The Balaban J connectivity index is 1.82. The van der Waals surface area contributed by atoms with Crippen LogP contribution in [0.3, 0.4) is 0 Å². The monoisotopic (exact) mass is 504 g/mol. The van der Waals surface area contributed by atoms with Crippen LogP contribution < -0.4 is 9.62 Å². The van der Waals surface area contributed by atoms with Crippen LogP contribution in [0.15, 0.2) is 42.5 Å². The number of nitrogens with one attached hydrogen (secondary N) is 1. The number of sulfonamides is 1. The number of amides is 1. The summed E-state index contributed by atoms with van der Waals surface area (Å²) in [5.74, 6) is -0.578. The first-order chi connectivity index (χ1) is 14.1. The molecular formula is C18H15Cl3N4O3S2. The average Bonchev–Trinajstić information content (AvgIpc) is 3.12. The van der Waals surface area contributed by atoms with Crippen molar-refractivity contribution in [3.8, 4) is 10.6 Å². The standard InChI is InChI=1S/C18H15Cl3N4O3S2/c1-10(25(30(2,27)28)13-7-8-14(20)15(21)9-13)16(26)22-18-24-23-17(29-18)11-3-5-12(19)6-4-11/h3-10H,1-2H3,(H,22,24,26)/t10-/m0/s1. The van der Waals surface area contributed by atoms with Crippen molar-refractivity contribution in [1.82, 2.24) is 10.2 Å². The number of aromatic nitrogens is 2. The van der Waals surface area contributed by atoms with Gasteiger partial charge in [-0.15, -0.1) is 10.2 Å². The van der Waals surface area contributed by atoms with Crippen LogP contribution in [0.25, 0.3) is 10.6 Å².